The highest BCUT2D eigenvalue weighted by molar-refractivity contribution is 8.05. The van der Waals surface area contributed by atoms with Crippen molar-refractivity contribution in [1.82, 2.24) is 0 Å². The second kappa shape index (κ2) is 6.72. The third-order valence-corrected chi connectivity index (χ3v) is 7.47. The molecular weight excluding hydrogens is 306 g/mol. The number of allylic oxidation sites excluding steroid dienone is 4. The lowest BCUT2D eigenvalue weighted by Gasteiger charge is -2.38. The number of halogens is 2. The molecule has 0 aromatic carbocycles. The topological polar surface area (TPSA) is 0 Å². The minimum absolute atomic E-state index is 0.147. The first-order valence-electron chi connectivity index (χ1n) is 7.66. The van der Waals surface area contributed by atoms with Gasteiger partial charge in [0.2, 0.25) is 0 Å². The molecule has 1 aliphatic carbocycles. The van der Waals surface area contributed by atoms with Gasteiger partial charge in [0, 0.05) is 0 Å². The molecule has 0 saturated heterocycles. The predicted octanol–water partition coefficient (Wildman–Crippen LogP) is 7.38. The smallest absolute Gasteiger partial charge is 0.0768 e. The van der Waals surface area contributed by atoms with E-state index >= 15 is 0 Å². The van der Waals surface area contributed by atoms with E-state index in [2.05, 4.69) is 61.5 Å². The summed E-state index contributed by atoms with van der Waals surface area (Å²) in [5.41, 5.74) is 4.46. The monoisotopic (exact) mass is 334 g/mol. The molecule has 0 spiro atoms. The predicted molar refractivity (Wildman–Crippen MR) is 95.8 cm³/mol. The van der Waals surface area contributed by atoms with Crippen LogP contribution in [-0.4, -0.2) is 5.16 Å². The van der Waals surface area contributed by atoms with Gasteiger partial charge in [0.05, 0.1) is 5.16 Å². The Kier molecular flexibility index (Phi) is 6.23. The molecule has 0 amide bonds. The molecule has 116 valence electrons. The van der Waals surface area contributed by atoms with Gasteiger partial charge in [-0.2, -0.15) is 0 Å². The van der Waals surface area contributed by atoms with Crippen LogP contribution in [0, 0.1) is 23.7 Å². The Morgan fingerprint density at radius 1 is 0.850 bits per heavy atom. The normalized spacial score (nSPS) is 24.1. The fourth-order valence-electron chi connectivity index (χ4n) is 3.47. The molecule has 0 bridgehead atoms. The molecule has 0 aromatic rings. The van der Waals surface area contributed by atoms with Crippen LogP contribution in [0.25, 0.3) is 0 Å². The molecule has 1 rings (SSSR count). The van der Waals surface area contributed by atoms with Gasteiger partial charge in [0.25, 0.3) is 0 Å². The van der Waals surface area contributed by atoms with Crippen molar-refractivity contribution < 1.29 is 0 Å². The Morgan fingerprint density at radius 2 is 1.35 bits per heavy atom. The zero-order valence-corrected chi connectivity index (χ0v) is 16.5. The van der Waals surface area contributed by atoms with E-state index in [0.717, 1.165) is 0 Å². The van der Waals surface area contributed by atoms with Gasteiger partial charge in [-0.1, -0.05) is 83.9 Å². The van der Waals surface area contributed by atoms with E-state index < -0.39 is 6.63 Å². The van der Waals surface area contributed by atoms with E-state index in [9.17, 15) is 0 Å². The lowest BCUT2D eigenvalue weighted by molar-refractivity contribution is 0.519. The first-order chi connectivity index (χ1) is 9.07. The van der Waals surface area contributed by atoms with Gasteiger partial charge in [0.15, 0.2) is 0 Å². The lowest BCUT2D eigenvalue weighted by Crippen LogP contribution is -2.32. The third-order valence-electron chi connectivity index (χ3n) is 4.34. The Bertz CT molecular complexity index is 407. The lowest BCUT2D eigenvalue weighted by atomic mass is 9.80. The van der Waals surface area contributed by atoms with E-state index in [1.165, 1.54) is 16.7 Å². The Balaban J connectivity index is 3.68. The summed E-state index contributed by atoms with van der Waals surface area (Å²) in [5, 5.41) is -0.147. The molecule has 1 atom stereocenters. The highest BCUT2D eigenvalue weighted by Crippen LogP contribution is 2.70. The summed E-state index contributed by atoms with van der Waals surface area (Å²) in [6.07, 6.45) is 2.42. The molecule has 0 saturated carbocycles. The maximum atomic E-state index is 6.57. The van der Waals surface area contributed by atoms with Crippen LogP contribution in [0.5, 0.6) is 0 Å². The standard InChI is InChI=1S/C17H29Cl2P/c1-10(2)14-9-17(13(7)8,20(18)19)16(12(5)6)15(14)11(3)4/h9-13H,1-8H3. The second-order valence-corrected chi connectivity index (χ2v) is 10.9. The van der Waals surface area contributed by atoms with Gasteiger partial charge in [-0.15, -0.1) is 0 Å². The largest absolute Gasteiger partial charge is 0.100 e. The van der Waals surface area contributed by atoms with Crippen LogP contribution in [0.15, 0.2) is 22.8 Å². The number of hydrogen-bond donors (Lipinski definition) is 0. The first kappa shape index (κ1) is 18.5. The van der Waals surface area contributed by atoms with Crippen molar-refractivity contribution in [3.05, 3.63) is 22.8 Å². The molecule has 20 heavy (non-hydrogen) atoms. The average molecular weight is 335 g/mol. The van der Waals surface area contributed by atoms with Gasteiger partial charge in [0.1, 0.15) is 6.63 Å². The maximum Gasteiger partial charge on any atom is 0.100 e. The molecule has 0 nitrogen and oxygen atoms in total. The molecule has 1 unspecified atom stereocenters. The Morgan fingerprint density at radius 3 is 1.60 bits per heavy atom. The fourth-order valence-corrected chi connectivity index (χ4v) is 6.67. The van der Waals surface area contributed by atoms with Crippen LogP contribution in [0.1, 0.15) is 55.4 Å². The van der Waals surface area contributed by atoms with Crippen LogP contribution in [0.4, 0.5) is 0 Å². The maximum absolute atomic E-state index is 6.57. The van der Waals surface area contributed by atoms with Crippen molar-refractivity contribution in [2.24, 2.45) is 23.7 Å². The average Bonchev–Trinajstić information content (AvgIpc) is 2.65. The van der Waals surface area contributed by atoms with Gasteiger partial charge < -0.3 is 0 Å². The Labute approximate surface area is 136 Å². The van der Waals surface area contributed by atoms with Crippen molar-refractivity contribution in [2.75, 3.05) is 0 Å². The van der Waals surface area contributed by atoms with Gasteiger partial charge >= 0.3 is 0 Å². The summed E-state index contributed by atoms with van der Waals surface area (Å²) in [7, 11) is 0. The molecule has 0 heterocycles. The van der Waals surface area contributed by atoms with E-state index in [4.69, 9.17) is 22.5 Å². The molecule has 3 heteroatoms. The summed E-state index contributed by atoms with van der Waals surface area (Å²) in [5.74, 6) is 1.94. The molecule has 0 aromatic heterocycles. The van der Waals surface area contributed by atoms with Crippen molar-refractivity contribution >= 4 is 29.1 Å². The zero-order valence-electron chi connectivity index (χ0n) is 14.1. The van der Waals surface area contributed by atoms with Crippen molar-refractivity contribution in [2.45, 2.75) is 60.5 Å². The first-order valence-corrected chi connectivity index (χ1v) is 10.8. The quantitative estimate of drug-likeness (QED) is 0.460. The molecule has 0 fully saturated rings. The highest BCUT2D eigenvalue weighted by Gasteiger charge is 2.49. The minimum Gasteiger partial charge on any atom is -0.0768 e. The van der Waals surface area contributed by atoms with Gasteiger partial charge in [-0.25, -0.2) is 0 Å². The van der Waals surface area contributed by atoms with E-state index in [0.29, 0.717) is 23.7 Å². The van der Waals surface area contributed by atoms with Crippen LogP contribution in [0.3, 0.4) is 0 Å². The number of rotatable bonds is 5. The van der Waals surface area contributed by atoms with Crippen LogP contribution in [0.2, 0.25) is 0 Å². The SMILES string of the molecule is CC(C)C1=CC(C(C)C)(P(Cl)Cl)C(C(C)C)=C1C(C)C. The van der Waals surface area contributed by atoms with Crippen LogP contribution < -0.4 is 0 Å². The third kappa shape index (κ3) is 2.99. The van der Waals surface area contributed by atoms with E-state index in [1.54, 1.807) is 0 Å². The van der Waals surface area contributed by atoms with E-state index in [1.807, 2.05) is 0 Å². The summed E-state index contributed by atoms with van der Waals surface area (Å²) < 4.78 is 0. The van der Waals surface area contributed by atoms with Gasteiger partial charge in [-0.05, 0) is 40.4 Å². The summed E-state index contributed by atoms with van der Waals surface area (Å²) in [6, 6.07) is 0. The number of hydrogen-bond acceptors (Lipinski definition) is 0. The fraction of sp³-hybridized carbons (Fsp3) is 0.765. The highest BCUT2D eigenvalue weighted by atomic mass is 35.9. The van der Waals surface area contributed by atoms with Crippen molar-refractivity contribution in [3.8, 4) is 0 Å². The van der Waals surface area contributed by atoms with E-state index in [-0.39, 0.29) is 5.16 Å². The van der Waals surface area contributed by atoms with Gasteiger partial charge in [-0.3, -0.25) is 0 Å². The van der Waals surface area contributed by atoms with Crippen molar-refractivity contribution in [3.63, 3.8) is 0 Å². The molecule has 0 aliphatic heterocycles. The minimum atomic E-state index is -1.09. The summed E-state index contributed by atoms with van der Waals surface area (Å²) in [4.78, 5) is 0. The summed E-state index contributed by atoms with van der Waals surface area (Å²) in [6.45, 7) is 17.1. The van der Waals surface area contributed by atoms with Crippen LogP contribution >= 0.6 is 29.1 Å². The zero-order chi connectivity index (χ0) is 15.8. The summed E-state index contributed by atoms with van der Waals surface area (Å²) >= 11 is 13.1. The molecule has 0 radical (unpaired) electrons. The molecular formula is C17H29Cl2P. The van der Waals surface area contributed by atoms with Crippen molar-refractivity contribution in [1.29, 1.82) is 0 Å². The molecule has 1 aliphatic rings. The molecule has 0 N–H and O–H groups in total. The second-order valence-electron chi connectivity index (χ2n) is 7.10. The van der Waals surface area contributed by atoms with Crippen LogP contribution in [-0.2, 0) is 0 Å². The Hall–Kier alpha value is 0.490.